The fourth-order valence-corrected chi connectivity index (χ4v) is 5.04. The van der Waals surface area contributed by atoms with E-state index in [4.69, 9.17) is 4.74 Å². The molecule has 5 unspecified atom stereocenters. The SMILES string of the molecule is CC1CCC(C(C)C)C(OC(=O)NC2CCCC2(C)Nc2ccc(C(F)(F)F)cn2)C1. The van der Waals surface area contributed by atoms with Crippen LogP contribution < -0.4 is 10.6 Å². The standard InChI is InChI=1S/C23H34F3N3O2/c1-14(2)17-9-7-15(3)12-18(17)31-21(30)28-19-6-5-11-22(19,4)29-20-10-8-16(13-27-20)23(24,25)26/h8,10,13-15,17-19H,5-7,9,11-12H2,1-4H3,(H,27,29)(H,28,30). The minimum absolute atomic E-state index is 0.0825. The molecule has 0 aromatic carbocycles. The fraction of sp³-hybridized carbons (Fsp3) is 0.739. The van der Waals surface area contributed by atoms with E-state index in [0.717, 1.165) is 50.8 Å². The Labute approximate surface area is 182 Å². The summed E-state index contributed by atoms with van der Waals surface area (Å²) in [6.45, 7) is 8.50. The number of hydrogen-bond acceptors (Lipinski definition) is 4. The first-order chi connectivity index (χ1) is 14.5. The number of carbonyl (C=O) groups excluding carboxylic acids is 1. The molecule has 0 saturated heterocycles. The maximum absolute atomic E-state index is 12.8. The second-order valence-electron chi connectivity index (χ2n) is 9.83. The second-order valence-corrected chi connectivity index (χ2v) is 9.83. The van der Waals surface area contributed by atoms with Crippen molar-refractivity contribution in [1.82, 2.24) is 10.3 Å². The highest BCUT2D eigenvalue weighted by molar-refractivity contribution is 5.68. The predicted octanol–water partition coefficient (Wildman–Crippen LogP) is 6.01. The number of aromatic nitrogens is 1. The number of anilines is 1. The molecule has 5 nitrogen and oxygen atoms in total. The summed E-state index contributed by atoms with van der Waals surface area (Å²) in [5, 5.41) is 6.26. The van der Waals surface area contributed by atoms with Crippen molar-refractivity contribution in [3.05, 3.63) is 23.9 Å². The summed E-state index contributed by atoms with van der Waals surface area (Å²) in [5.41, 5.74) is -1.29. The van der Waals surface area contributed by atoms with E-state index in [0.29, 0.717) is 23.6 Å². The summed E-state index contributed by atoms with van der Waals surface area (Å²) in [6.07, 6.45) is 1.47. The van der Waals surface area contributed by atoms with E-state index in [1.165, 1.54) is 6.07 Å². The molecular weight excluding hydrogens is 407 g/mol. The van der Waals surface area contributed by atoms with Crippen molar-refractivity contribution in [3.8, 4) is 0 Å². The van der Waals surface area contributed by atoms with E-state index in [-0.39, 0.29) is 12.1 Å². The van der Waals surface area contributed by atoms with Gasteiger partial charge in [0, 0.05) is 6.20 Å². The highest BCUT2D eigenvalue weighted by Crippen LogP contribution is 2.37. The largest absolute Gasteiger partial charge is 0.446 e. The number of alkyl carbamates (subject to hydrolysis) is 1. The van der Waals surface area contributed by atoms with Gasteiger partial charge in [0.2, 0.25) is 0 Å². The molecule has 1 aromatic heterocycles. The first-order valence-electron chi connectivity index (χ1n) is 11.3. The lowest BCUT2D eigenvalue weighted by atomic mass is 9.75. The maximum atomic E-state index is 12.8. The number of nitrogens with one attached hydrogen (secondary N) is 2. The Morgan fingerprint density at radius 3 is 2.61 bits per heavy atom. The lowest BCUT2D eigenvalue weighted by molar-refractivity contribution is -0.137. The molecule has 2 fully saturated rings. The third-order valence-electron chi connectivity index (χ3n) is 6.97. The molecule has 5 atom stereocenters. The number of halogens is 3. The number of hydrogen-bond donors (Lipinski definition) is 2. The van der Waals surface area contributed by atoms with Crippen LogP contribution in [0.15, 0.2) is 18.3 Å². The Balaban J connectivity index is 1.62. The number of carbonyl (C=O) groups is 1. The van der Waals surface area contributed by atoms with Crippen molar-refractivity contribution in [2.45, 2.75) is 90.1 Å². The normalized spacial score (nSPS) is 31.5. The van der Waals surface area contributed by atoms with Gasteiger partial charge in [-0.15, -0.1) is 0 Å². The number of nitrogens with zero attached hydrogens (tertiary/aromatic N) is 1. The summed E-state index contributed by atoms with van der Waals surface area (Å²) in [6, 6.07) is 2.15. The van der Waals surface area contributed by atoms with Gasteiger partial charge in [-0.25, -0.2) is 9.78 Å². The molecule has 0 aliphatic heterocycles. The van der Waals surface area contributed by atoms with Gasteiger partial charge in [0.05, 0.1) is 17.1 Å². The number of ether oxygens (including phenoxy) is 1. The Morgan fingerprint density at radius 1 is 1.26 bits per heavy atom. The monoisotopic (exact) mass is 441 g/mol. The van der Waals surface area contributed by atoms with Crippen LogP contribution in [-0.4, -0.2) is 28.8 Å². The molecule has 174 valence electrons. The summed E-state index contributed by atoms with van der Waals surface area (Å²) in [5.74, 6) is 1.72. The topological polar surface area (TPSA) is 63.2 Å². The van der Waals surface area contributed by atoms with Crippen LogP contribution in [0.5, 0.6) is 0 Å². The molecule has 2 aliphatic carbocycles. The molecule has 8 heteroatoms. The van der Waals surface area contributed by atoms with E-state index >= 15 is 0 Å². The third kappa shape index (κ3) is 5.83. The van der Waals surface area contributed by atoms with Crippen LogP contribution in [0.1, 0.15) is 71.8 Å². The minimum Gasteiger partial charge on any atom is -0.446 e. The van der Waals surface area contributed by atoms with Gasteiger partial charge in [-0.1, -0.05) is 27.2 Å². The van der Waals surface area contributed by atoms with E-state index in [1.807, 2.05) is 6.92 Å². The average Bonchev–Trinajstić information content (AvgIpc) is 3.01. The fourth-order valence-electron chi connectivity index (χ4n) is 5.04. The Hall–Kier alpha value is -1.99. The molecule has 1 heterocycles. The highest BCUT2D eigenvalue weighted by atomic mass is 19.4. The summed E-state index contributed by atoms with van der Waals surface area (Å²) in [7, 11) is 0. The van der Waals surface area contributed by atoms with Gasteiger partial charge in [-0.05, 0) is 68.9 Å². The third-order valence-corrected chi connectivity index (χ3v) is 6.97. The van der Waals surface area contributed by atoms with Crippen molar-refractivity contribution >= 4 is 11.9 Å². The molecule has 1 amide bonds. The Morgan fingerprint density at radius 2 is 2.00 bits per heavy atom. The summed E-state index contributed by atoms with van der Waals surface area (Å²) < 4.78 is 44.2. The molecule has 2 saturated carbocycles. The van der Waals surface area contributed by atoms with Gasteiger partial charge in [-0.3, -0.25) is 0 Å². The van der Waals surface area contributed by atoms with E-state index in [2.05, 4.69) is 36.4 Å². The van der Waals surface area contributed by atoms with Gasteiger partial charge in [-0.2, -0.15) is 13.2 Å². The average molecular weight is 442 g/mol. The van der Waals surface area contributed by atoms with Crippen LogP contribution >= 0.6 is 0 Å². The van der Waals surface area contributed by atoms with Gasteiger partial charge in [0.15, 0.2) is 0 Å². The summed E-state index contributed by atoms with van der Waals surface area (Å²) >= 11 is 0. The number of rotatable bonds is 5. The maximum Gasteiger partial charge on any atom is 0.417 e. The van der Waals surface area contributed by atoms with Crippen molar-refractivity contribution in [2.75, 3.05) is 5.32 Å². The first kappa shape index (κ1) is 23.7. The highest BCUT2D eigenvalue weighted by Gasteiger charge is 2.41. The summed E-state index contributed by atoms with van der Waals surface area (Å²) in [4.78, 5) is 16.7. The van der Waals surface area contributed by atoms with Gasteiger partial charge in [0.1, 0.15) is 11.9 Å². The van der Waals surface area contributed by atoms with Crippen LogP contribution in [0, 0.1) is 17.8 Å². The van der Waals surface area contributed by atoms with Crippen molar-refractivity contribution < 1.29 is 22.7 Å². The molecule has 0 bridgehead atoms. The molecule has 31 heavy (non-hydrogen) atoms. The van der Waals surface area contributed by atoms with Crippen LogP contribution in [0.2, 0.25) is 0 Å². The van der Waals surface area contributed by atoms with Crippen LogP contribution in [0.3, 0.4) is 0 Å². The van der Waals surface area contributed by atoms with Crippen molar-refractivity contribution in [1.29, 1.82) is 0 Å². The lowest BCUT2D eigenvalue weighted by Gasteiger charge is -2.38. The molecule has 1 aromatic rings. The van der Waals surface area contributed by atoms with E-state index in [1.54, 1.807) is 0 Å². The number of amides is 1. The smallest absolute Gasteiger partial charge is 0.417 e. The predicted molar refractivity (Wildman–Crippen MR) is 114 cm³/mol. The zero-order valence-electron chi connectivity index (χ0n) is 18.8. The zero-order valence-corrected chi connectivity index (χ0v) is 18.8. The van der Waals surface area contributed by atoms with Crippen molar-refractivity contribution in [2.24, 2.45) is 17.8 Å². The molecule has 2 N–H and O–H groups in total. The molecular formula is C23H34F3N3O2. The molecule has 0 radical (unpaired) electrons. The lowest BCUT2D eigenvalue weighted by Crippen LogP contribution is -2.53. The van der Waals surface area contributed by atoms with Crippen LogP contribution in [-0.2, 0) is 10.9 Å². The van der Waals surface area contributed by atoms with Gasteiger partial charge >= 0.3 is 12.3 Å². The van der Waals surface area contributed by atoms with E-state index in [9.17, 15) is 18.0 Å². The van der Waals surface area contributed by atoms with Gasteiger partial charge < -0.3 is 15.4 Å². The number of pyridine rings is 1. The molecule has 0 spiro atoms. The quantitative estimate of drug-likeness (QED) is 0.587. The van der Waals surface area contributed by atoms with E-state index < -0.39 is 23.4 Å². The second kappa shape index (κ2) is 9.25. The zero-order chi connectivity index (χ0) is 22.8. The molecule has 3 rings (SSSR count). The van der Waals surface area contributed by atoms with Crippen molar-refractivity contribution in [3.63, 3.8) is 0 Å². The van der Waals surface area contributed by atoms with Crippen LogP contribution in [0.4, 0.5) is 23.8 Å². The van der Waals surface area contributed by atoms with Crippen LogP contribution in [0.25, 0.3) is 0 Å². The Kier molecular flexibility index (Phi) is 7.06. The number of alkyl halides is 3. The Bertz CT molecular complexity index is 753. The molecule has 2 aliphatic rings. The minimum atomic E-state index is -4.42. The first-order valence-corrected chi connectivity index (χ1v) is 11.3. The van der Waals surface area contributed by atoms with Gasteiger partial charge in [0.25, 0.3) is 0 Å².